The van der Waals surface area contributed by atoms with E-state index in [2.05, 4.69) is 0 Å². The van der Waals surface area contributed by atoms with Gasteiger partial charge in [0.25, 0.3) is 5.91 Å². The van der Waals surface area contributed by atoms with Crippen LogP contribution in [-0.4, -0.2) is 47.3 Å². The van der Waals surface area contributed by atoms with Gasteiger partial charge >= 0.3 is 0 Å². The van der Waals surface area contributed by atoms with Gasteiger partial charge in [-0.15, -0.1) is 0 Å². The molecule has 1 aromatic carbocycles. The summed E-state index contributed by atoms with van der Waals surface area (Å²) in [5, 5.41) is 19.4. The lowest BCUT2D eigenvalue weighted by Gasteiger charge is -2.33. The number of rotatable bonds is 3. The first-order chi connectivity index (χ1) is 9.52. The molecule has 1 saturated heterocycles. The number of benzene rings is 1. The van der Waals surface area contributed by atoms with Crippen molar-refractivity contribution < 1.29 is 19.7 Å². The summed E-state index contributed by atoms with van der Waals surface area (Å²) in [5.41, 5.74) is 0.264. The molecule has 1 aliphatic heterocycles. The Labute approximate surface area is 118 Å². The molecule has 0 aromatic heterocycles. The molecule has 1 aliphatic rings. The van der Waals surface area contributed by atoms with Crippen molar-refractivity contribution in [3.63, 3.8) is 0 Å². The standard InChI is InChI=1S/C15H21NO4/c1-10(17)11-5-7-16(8-6-11)15(19)13-9-12(20-2)3-4-14(13)18/h3-4,9-11,17-18H,5-8H2,1-2H3. The average molecular weight is 279 g/mol. The van der Waals surface area contributed by atoms with E-state index in [1.54, 1.807) is 24.0 Å². The van der Waals surface area contributed by atoms with Crippen molar-refractivity contribution in [2.45, 2.75) is 25.9 Å². The molecular formula is C15H21NO4. The number of hydrogen-bond acceptors (Lipinski definition) is 4. The molecule has 0 spiro atoms. The smallest absolute Gasteiger partial charge is 0.257 e. The van der Waals surface area contributed by atoms with E-state index in [1.807, 2.05) is 0 Å². The number of methoxy groups -OCH3 is 1. The van der Waals surface area contributed by atoms with Gasteiger partial charge in [0, 0.05) is 13.1 Å². The maximum atomic E-state index is 12.4. The number of ether oxygens (including phenoxy) is 1. The summed E-state index contributed by atoms with van der Waals surface area (Å²) in [6.45, 7) is 2.99. The van der Waals surface area contributed by atoms with Crippen molar-refractivity contribution in [1.82, 2.24) is 4.90 Å². The molecule has 5 heteroatoms. The molecule has 0 aliphatic carbocycles. The van der Waals surface area contributed by atoms with E-state index in [4.69, 9.17) is 4.74 Å². The molecule has 20 heavy (non-hydrogen) atoms. The van der Waals surface area contributed by atoms with E-state index in [-0.39, 0.29) is 29.2 Å². The predicted molar refractivity (Wildman–Crippen MR) is 75.0 cm³/mol. The SMILES string of the molecule is COc1ccc(O)c(C(=O)N2CCC(C(C)O)CC2)c1. The summed E-state index contributed by atoms with van der Waals surface area (Å²) in [4.78, 5) is 14.1. The molecule has 2 rings (SSSR count). The number of aliphatic hydroxyl groups is 1. The number of hydrogen-bond donors (Lipinski definition) is 2. The number of piperidine rings is 1. The molecule has 1 atom stereocenters. The number of aromatic hydroxyl groups is 1. The topological polar surface area (TPSA) is 70.0 Å². The number of phenolic OH excluding ortho intramolecular Hbond substituents is 1. The Balaban J connectivity index is 2.09. The molecule has 1 amide bonds. The van der Waals surface area contributed by atoms with Crippen LogP contribution in [0.15, 0.2) is 18.2 Å². The van der Waals surface area contributed by atoms with E-state index < -0.39 is 0 Å². The third-order valence-electron chi connectivity index (χ3n) is 3.94. The molecule has 110 valence electrons. The van der Waals surface area contributed by atoms with Crippen molar-refractivity contribution in [3.8, 4) is 11.5 Å². The summed E-state index contributed by atoms with van der Waals surface area (Å²) in [6.07, 6.45) is 1.24. The van der Waals surface area contributed by atoms with Crippen LogP contribution in [0.25, 0.3) is 0 Å². The normalized spacial score (nSPS) is 17.9. The lowest BCUT2D eigenvalue weighted by molar-refractivity contribution is 0.0519. The molecule has 0 bridgehead atoms. The number of likely N-dealkylation sites (tertiary alicyclic amines) is 1. The number of nitrogens with zero attached hydrogens (tertiary/aromatic N) is 1. The van der Waals surface area contributed by atoms with Crippen LogP contribution in [0.5, 0.6) is 11.5 Å². The van der Waals surface area contributed by atoms with Gasteiger partial charge in [0.15, 0.2) is 0 Å². The van der Waals surface area contributed by atoms with Crippen molar-refractivity contribution in [3.05, 3.63) is 23.8 Å². The van der Waals surface area contributed by atoms with Gasteiger partial charge in [0.05, 0.1) is 18.8 Å². The Bertz CT molecular complexity index is 479. The number of carbonyl (C=O) groups excluding carboxylic acids is 1. The number of aliphatic hydroxyl groups excluding tert-OH is 1. The van der Waals surface area contributed by atoms with Gasteiger partial charge in [-0.1, -0.05) is 0 Å². The van der Waals surface area contributed by atoms with Crippen molar-refractivity contribution in [2.75, 3.05) is 20.2 Å². The monoisotopic (exact) mass is 279 g/mol. The average Bonchev–Trinajstić information content (AvgIpc) is 2.47. The van der Waals surface area contributed by atoms with Crippen LogP contribution in [0.1, 0.15) is 30.1 Å². The minimum absolute atomic E-state index is 0.0338. The molecule has 1 fully saturated rings. The Hall–Kier alpha value is -1.75. The quantitative estimate of drug-likeness (QED) is 0.882. The molecule has 0 radical (unpaired) electrons. The Kier molecular flexibility index (Phi) is 4.49. The van der Waals surface area contributed by atoms with E-state index in [0.717, 1.165) is 12.8 Å². The molecule has 0 saturated carbocycles. The van der Waals surface area contributed by atoms with E-state index >= 15 is 0 Å². The van der Waals surface area contributed by atoms with Crippen LogP contribution in [-0.2, 0) is 0 Å². The molecule has 1 heterocycles. The van der Waals surface area contributed by atoms with Gasteiger partial charge in [-0.2, -0.15) is 0 Å². The summed E-state index contributed by atoms with van der Waals surface area (Å²) in [6, 6.07) is 4.64. The maximum absolute atomic E-state index is 12.4. The number of amides is 1. The maximum Gasteiger partial charge on any atom is 0.257 e. The van der Waals surface area contributed by atoms with Crippen molar-refractivity contribution in [1.29, 1.82) is 0 Å². The van der Waals surface area contributed by atoms with Crippen molar-refractivity contribution in [2.24, 2.45) is 5.92 Å². The Morgan fingerprint density at radius 1 is 1.40 bits per heavy atom. The van der Waals surface area contributed by atoms with Crippen LogP contribution in [0.3, 0.4) is 0 Å². The second-order valence-electron chi connectivity index (χ2n) is 5.25. The fourth-order valence-corrected chi connectivity index (χ4v) is 2.57. The lowest BCUT2D eigenvalue weighted by Crippen LogP contribution is -2.40. The first-order valence-corrected chi connectivity index (χ1v) is 6.87. The van der Waals surface area contributed by atoms with Crippen molar-refractivity contribution >= 4 is 5.91 Å². The number of carbonyl (C=O) groups is 1. The molecule has 1 unspecified atom stereocenters. The third-order valence-corrected chi connectivity index (χ3v) is 3.94. The highest BCUT2D eigenvalue weighted by Crippen LogP contribution is 2.27. The minimum atomic E-state index is -0.336. The fourth-order valence-electron chi connectivity index (χ4n) is 2.57. The van der Waals surface area contributed by atoms with Gasteiger partial charge in [-0.05, 0) is 43.9 Å². The Morgan fingerprint density at radius 3 is 2.60 bits per heavy atom. The van der Waals surface area contributed by atoms with Crippen LogP contribution in [0.2, 0.25) is 0 Å². The molecule has 5 nitrogen and oxygen atoms in total. The first-order valence-electron chi connectivity index (χ1n) is 6.87. The van der Waals surface area contributed by atoms with Gasteiger partial charge in [-0.25, -0.2) is 0 Å². The summed E-state index contributed by atoms with van der Waals surface area (Å²) >= 11 is 0. The molecule has 2 N–H and O–H groups in total. The van der Waals surface area contributed by atoms with E-state index in [9.17, 15) is 15.0 Å². The van der Waals surface area contributed by atoms with Crippen LogP contribution >= 0.6 is 0 Å². The second-order valence-corrected chi connectivity index (χ2v) is 5.25. The van der Waals surface area contributed by atoms with Crippen LogP contribution < -0.4 is 4.74 Å². The molecular weight excluding hydrogens is 258 g/mol. The lowest BCUT2D eigenvalue weighted by atomic mass is 9.92. The summed E-state index contributed by atoms with van der Waals surface area (Å²) < 4.78 is 5.08. The molecule has 1 aromatic rings. The zero-order chi connectivity index (χ0) is 14.7. The zero-order valence-corrected chi connectivity index (χ0v) is 11.9. The fraction of sp³-hybridized carbons (Fsp3) is 0.533. The highest BCUT2D eigenvalue weighted by atomic mass is 16.5. The van der Waals surface area contributed by atoms with Gasteiger partial charge in [0.1, 0.15) is 11.5 Å². The van der Waals surface area contributed by atoms with Crippen LogP contribution in [0, 0.1) is 5.92 Å². The Morgan fingerprint density at radius 2 is 2.05 bits per heavy atom. The second kappa shape index (κ2) is 6.13. The third kappa shape index (κ3) is 3.04. The zero-order valence-electron chi connectivity index (χ0n) is 11.9. The van der Waals surface area contributed by atoms with E-state index in [0.29, 0.717) is 18.8 Å². The van der Waals surface area contributed by atoms with Gasteiger partial charge in [-0.3, -0.25) is 4.79 Å². The minimum Gasteiger partial charge on any atom is -0.507 e. The number of phenols is 1. The summed E-state index contributed by atoms with van der Waals surface area (Å²) in [5.74, 6) is 0.571. The van der Waals surface area contributed by atoms with E-state index in [1.165, 1.54) is 13.2 Å². The first kappa shape index (κ1) is 14.7. The highest BCUT2D eigenvalue weighted by molar-refractivity contribution is 5.97. The van der Waals surface area contributed by atoms with Crippen LogP contribution in [0.4, 0.5) is 0 Å². The van der Waals surface area contributed by atoms with Gasteiger partial charge in [0.2, 0.25) is 0 Å². The largest absolute Gasteiger partial charge is 0.507 e. The summed E-state index contributed by atoms with van der Waals surface area (Å²) in [7, 11) is 1.52. The van der Waals surface area contributed by atoms with Gasteiger partial charge < -0.3 is 19.8 Å². The predicted octanol–water partition coefficient (Wildman–Crippen LogP) is 1.63. The highest BCUT2D eigenvalue weighted by Gasteiger charge is 2.27.